The van der Waals surface area contributed by atoms with E-state index in [0.717, 1.165) is 49.0 Å². The Balaban J connectivity index is 2.15. The minimum Gasteiger partial charge on any atom is -0.490 e. The average molecular weight is 262 g/mol. The molecule has 19 heavy (non-hydrogen) atoms. The molecule has 1 heterocycles. The summed E-state index contributed by atoms with van der Waals surface area (Å²) < 4.78 is 11.2. The number of hydrogen-bond donors (Lipinski definition) is 1. The van der Waals surface area contributed by atoms with Gasteiger partial charge in [0, 0.05) is 24.5 Å². The molecule has 0 aromatic heterocycles. The third-order valence-electron chi connectivity index (χ3n) is 3.03. The molecular formula is C15H18O4. The molecule has 0 radical (unpaired) electrons. The van der Waals surface area contributed by atoms with Crippen molar-refractivity contribution >= 4 is 12.0 Å². The van der Waals surface area contributed by atoms with Crippen molar-refractivity contribution in [1.29, 1.82) is 0 Å². The minimum absolute atomic E-state index is 0.147. The van der Waals surface area contributed by atoms with Crippen LogP contribution >= 0.6 is 0 Å². The number of benzene rings is 1. The molecule has 1 aromatic rings. The summed E-state index contributed by atoms with van der Waals surface area (Å²) in [5.41, 5.74) is 1.87. The molecule has 2 rings (SSSR count). The number of aryl methyl sites for hydroxylation is 1. The second kappa shape index (κ2) is 6.38. The molecule has 1 fully saturated rings. The fourth-order valence-electron chi connectivity index (χ4n) is 2.04. The Bertz CT molecular complexity index is 473. The second-order valence-electron chi connectivity index (χ2n) is 4.64. The molecule has 4 heteroatoms. The maximum atomic E-state index is 10.6. The van der Waals surface area contributed by atoms with Crippen LogP contribution in [0.2, 0.25) is 0 Å². The van der Waals surface area contributed by atoms with Crippen LogP contribution in [-0.2, 0) is 9.53 Å². The first-order chi connectivity index (χ1) is 9.15. The van der Waals surface area contributed by atoms with E-state index in [1.54, 1.807) is 6.08 Å². The van der Waals surface area contributed by atoms with Crippen molar-refractivity contribution in [3.05, 3.63) is 35.4 Å². The summed E-state index contributed by atoms with van der Waals surface area (Å²) in [6.45, 7) is 3.41. The van der Waals surface area contributed by atoms with E-state index >= 15 is 0 Å². The Morgan fingerprint density at radius 3 is 2.84 bits per heavy atom. The van der Waals surface area contributed by atoms with E-state index in [1.165, 1.54) is 0 Å². The zero-order valence-electron chi connectivity index (χ0n) is 11.0. The molecule has 4 nitrogen and oxygen atoms in total. The summed E-state index contributed by atoms with van der Waals surface area (Å²) in [7, 11) is 0. The molecule has 1 aliphatic rings. The first-order valence-electron chi connectivity index (χ1n) is 6.41. The van der Waals surface area contributed by atoms with Gasteiger partial charge in [0.2, 0.25) is 0 Å². The standard InChI is InChI=1S/C15H18O4/c1-11-2-4-14(12(10-11)3-5-15(16)17)19-13-6-8-18-9-7-13/h2-5,10,13H,6-9H2,1H3,(H,16,17). The van der Waals surface area contributed by atoms with Crippen LogP contribution in [0, 0.1) is 6.92 Å². The lowest BCUT2D eigenvalue weighted by Gasteiger charge is -2.24. The second-order valence-corrected chi connectivity index (χ2v) is 4.64. The normalized spacial score (nSPS) is 16.7. The fourth-order valence-corrected chi connectivity index (χ4v) is 2.04. The zero-order valence-corrected chi connectivity index (χ0v) is 11.0. The molecule has 0 saturated carbocycles. The molecule has 1 N–H and O–H groups in total. The summed E-state index contributed by atoms with van der Waals surface area (Å²) in [5.74, 6) is -0.228. The van der Waals surface area contributed by atoms with E-state index in [2.05, 4.69) is 0 Å². The highest BCUT2D eigenvalue weighted by Crippen LogP contribution is 2.25. The van der Waals surface area contributed by atoms with Crippen molar-refractivity contribution in [3.63, 3.8) is 0 Å². The van der Waals surface area contributed by atoms with Crippen molar-refractivity contribution in [2.45, 2.75) is 25.9 Å². The van der Waals surface area contributed by atoms with Crippen LogP contribution in [0.15, 0.2) is 24.3 Å². The number of carboxylic acids is 1. The number of rotatable bonds is 4. The molecule has 0 aliphatic carbocycles. The summed E-state index contributed by atoms with van der Waals surface area (Å²) in [4.78, 5) is 10.6. The monoisotopic (exact) mass is 262 g/mol. The molecule has 1 aliphatic heterocycles. The SMILES string of the molecule is Cc1ccc(OC2CCOCC2)c(C=CC(=O)O)c1. The first-order valence-corrected chi connectivity index (χ1v) is 6.41. The van der Waals surface area contributed by atoms with Crippen molar-refractivity contribution < 1.29 is 19.4 Å². The number of hydrogen-bond acceptors (Lipinski definition) is 3. The number of carboxylic acid groups (broad SMARTS) is 1. The largest absolute Gasteiger partial charge is 0.490 e. The lowest BCUT2D eigenvalue weighted by molar-refractivity contribution is -0.131. The van der Waals surface area contributed by atoms with Crippen LogP contribution in [-0.4, -0.2) is 30.4 Å². The smallest absolute Gasteiger partial charge is 0.328 e. The molecule has 1 saturated heterocycles. The van der Waals surface area contributed by atoms with Gasteiger partial charge in [-0.15, -0.1) is 0 Å². The Morgan fingerprint density at radius 1 is 1.42 bits per heavy atom. The van der Waals surface area contributed by atoms with Crippen LogP contribution in [0.1, 0.15) is 24.0 Å². The third-order valence-corrected chi connectivity index (χ3v) is 3.03. The minimum atomic E-state index is -0.960. The Labute approximate surface area is 112 Å². The molecule has 102 valence electrons. The number of ether oxygens (including phenoxy) is 2. The quantitative estimate of drug-likeness (QED) is 0.847. The molecule has 0 unspecified atom stereocenters. The third kappa shape index (κ3) is 4.10. The molecule has 0 amide bonds. The van der Waals surface area contributed by atoms with Crippen molar-refractivity contribution in [3.8, 4) is 5.75 Å². The van der Waals surface area contributed by atoms with Gasteiger partial charge in [-0.05, 0) is 25.1 Å². The predicted molar refractivity (Wildman–Crippen MR) is 72.3 cm³/mol. The average Bonchev–Trinajstić information content (AvgIpc) is 2.40. The van der Waals surface area contributed by atoms with Gasteiger partial charge < -0.3 is 14.6 Å². The van der Waals surface area contributed by atoms with E-state index < -0.39 is 5.97 Å². The maximum absolute atomic E-state index is 10.6. The van der Waals surface area contributed by atoms with Gasteiger partial charge in [0.1, 0.15) is 11.9 Å². The Morgan fingerprint density at radius 2 is 2.16 bits per heavy atom. The van der Waals surface area contributed by atoms with Crippen molar-refractivity contribution in [2.24, 2.45) is 0 Å². The first kappa shape index (κ1) is 13.6. The topological polar surface area (TPSA) is 55.8 Å². The lowest BCUT2D eigenvalue weighted by atomic mass is 10.1. The highest BCUT2D eigenvalue weighted by Gasteiger charge is 2.16. The Hall–Kier alpha value is -1.81. The fraction of sp³-hybridized carbons (Fsp3) is 0.400. The highest BCUT2D eigenvalue weighted by atomic mass is 16.5. The molecular weight excluding hydrogens is 244 g/mol. The molecule has 0 spiro atoms. The van der Waals surface area contributed by atoms with Gasteiger partial charge in [0.05, 0.1) is 13.2 Å². The van der Waals surface area contributed by atoms with E-state index in [1.807, 2.05) is 25.1 Å². The van der Waals surface area contributed by atoms with E-state index in [0.29, 0.717) is 0 Å². The van der Waals surface area contributed by atoms with Crippen LogP contribution in [0.3, 0.4) is 0 Å². The zero-order chi connectivity index (χ0) is 13.7. The van der Waals surface area contributed by atoms with Crippen molar-refractivity contribution in [2.75, 3.05) is 13.2 Å². The van der Waals surface area contributed by atoms with Crippen LogP contribution in [0.25, 0.3) is 6.08 Å². The van der Waals surface area contributed by atoms with E-state index in [4.69, 9.17) is 14.6 Å². The van der Waals surface area contributed by atoms with Crippen molar-refractivity contribution in [1.82, 2.24) is 0 Å². The van der Waals surface area contributed by atoms with E-state index in [9.17, 15) is 4.79 Å². The summed E-state index contributed by atoms with van der Waals surface area (Å²) in [6.07, 6.45) is 4.59. The molecule has 0 bridgehead atoms. The van der Waals surface area contributed by atoms with Crippen LogP contribution in [0.4, 0.5) is 0 Å². The van der Waals surface area contributed by atoms with Crippen LogP contribution < -0.4 is 4.74 Å². The highest BCUT2D eigenvalue weighted by molar-refractivity contribution is 5.85. The van der Waals surface area contributed by atoms with Gasteiger partial charge >= 0.3 is 5.97 Å². The number of aliphatic carboxylic acids is 1. The molecule has 0 atom stereocenters. The van der Waals surface area contributed by atoms with Crippen LogP contribution in [0.5, 0.6) is 5.75 Å². The molecule has 1 aromatic carbocycles. The van der Waals surface area contributed by atoms with Gasteiger partial charge in [0.15, 0.2) is 0 Å². The van der Waals surface area contributed by atoms with Gasteiger partial charge in [0.25, 0.3) is 0 Å². The van der Waals surface area contributed by atoms with Gasteiger partial charge in [-0.3, -0.25) is 0 Å². The Kier molecular flexibility index (Phi) is 4.58. The summed E-state index contributed by atoms with van der Waals surface area (Å²) in [5, 5.41) is 8.71. The maximum Gasteiger partial charge on any atom is 0.328 e. The van der Waals surface area contributed by atoms with Gasteiger partial charge in [-0.2, -0.15) is 0 Å². The van der Waals surface area contributed by atoms with E-state index in [-0.39, 0.29) is 6.10 Å². The summed E-state index contributed by atoms with van der Waals surface area (Å²) >= 11 is 0. The predicted octanol–water partition coefficient (Wildman–Crippen LogP) is 2.65. The van der Waals surface area contributed by atoms with Gasteiger partial charge in [-0.1, -0.05) is 11.6 Å². The van der Waals surface area contributed by atoms with Gasteiger partial charge in [-0.25, -0.2) is 4.79 Å². The summed E-state index contributed by atoms with van der Waals surface area (Å²) in [6, 6.07) is 5.78. The number of carbonyl (C=O) groups is 1. The lowest BCUT2D eigenvalue weighted by Crippen LogP contribution is -2.26.